The van der Waals surface area contributed by atoms with Crippen molar-refractivity contribution in [1.29, 1.82) is 0 Å². The topological polar surface area (TPSA) is 81.4 Å². The molecule has 0 bridgehead atoms. The summed E-state index contributed by atoms with van der Waals surface area (Å²) in [5, 5.41) is 15.7. The van der Waals surface area contributed by atoms with Gasteiger partial charge in [-0.1, -0.05) is 35.9 Å². The van der Waals surface area contributed by atoms with Crippen molar-refractivity contribution in [2.45, 2.75) is 0 Å². The van der Waals surface area contributed by atoms with E-state index >= 15 is 0 Å². The number of aromatic nitrogens is 4. The summed E-state index contributed by atoms with van der Waals surface area (Å²) in [6, 6.07) is 16.4. The molecule has 0 aliphatic rings. The van der Waals surface area contributed by atoms with Crippen molar-refractivity contribution in [1.82, 2.24) is 25.1 Å². The number of hydrogen-bond donors (Lipinski definition) is 1. The first kappa shape index (κ1) is 18.8. The van der Waals surface area contributed by atoms with Gasteiger partial charge in [0.15, 0.2) is 11.5 Å². The molecule has 0 fully saturated rings. The first-order chi connectivity index (χ1) is 14.1. The fraction of sp³-hybridized carbons (Fsp3) is 0.100. The Bertz CT molecular complexity index is 1180. The van der Waals surface area contributed by atoms with E-state index in [1.54, 1.807) is 24.3 Å². The second-order valence-corrected chi connectivity index (χ2v) is 6.44. The second-order valence-electron chi connectivity index (χ2n) is 6.03. The van der Waals surface area contributed by atoms with Crippen LogP contribution in [-0.4, -0.2) is 38.9 Å². The molecule has 0 unspecified atom stereocenters. The Labute approximate surface area is 170 Å². The summed E-state index contributed by atoms with van der Waals surface area (Å²) in [4.78, 5) is 12.0. The smallest absolute Gasteiger partial charge is 0.254 e. The highest BCUT2D eigenvalue weighted by atomic mass is 35.5. The summed E-state index contributed by atoms with van der Waals surface area (Å²) in [5.74, 6) is -0.262. The van der Waals surface area contributed by atoms with Crippen LogP contribution in [0.3, 0.4) is 0 Å². The van der Waals surface area contributed by atoms with Crippen molar-refractivity contribution in [3.8, 4) is 17.3 Å². The molecule has 29 heavy (non-hydrogen) atoms. The largest absolute Gasteiger partial charge is 0.475 e. The minimum Gasteiger partial charge on any atom is -0.475 e. The average molecular weight is 412 g/mol. The van der Waals surface area contributed by atoms with E-state index in [0.29, 0.717) is 27.9 Å². The van der Waals surface area contributed by atoms with Crippen molar-refractivity contribution in [3.05, 3.63) is 77.1 Å². The van der Waals surface area contributed by atoms with Crippen LogP contribution < -0.4 is 10.1 Å². The Morgan fingerprint density at radius 3 is 2.69 bits per heavy atom. The summed E-state index contributed by atoms with van der Waals surface area (Å²) in [7, 11) is 0. The molecule has 0 radical (unpaired) electrons. The number of carbonyl (C=O) groups is 1. The number of nitrogens with zero attached hydrogens (tertiary/aromatic N) is 4. The quantitative estimate of drug-likeness (QED) is 0.492. The molecule has 7 nitrogen and oxygen atoms in total. The summed E-state index contributed by atoms with van der Waals surface area (Å²) in [6.45, 7) is 0.342. The molecule has 4 aromatic rings. The Balaban J connectivity index is 1.43. The number of fused-ring (bicyclic) bond motifs is 1. The molecule has 2 aromatic carbocycles. The Kier molecular flexibility index (Phi) is 5.35. The lowest BCUT2D eigenvalue weighted by molar-refractivity contribution is 0.0942. The highest BCUT2D eigenvalue weighted by Gasteiger charge is 2.13. The minimum absolute atomic E-state index is 0.0130. The van der Waals surface area contributed by atoms with Gasteiger partial charge in [0.2, 0.25) is 5.88 Å². The molecule has 2 heterocycles. The van der Waals surface area contributed by atoms with Gasteiger partial charge in [0, 0.05) is 11.6 Å². The van der Waals surface area contributed by atoms with Crippen molar-refractivity contribution in [3.63, 3.8) is 0 Å². The van der Waals surface area contributed by atoms with E-state index in [9.17, 15) is 9.18 Å². The van der Waals surface area contributed by atoms with Crippen LogP contribution in [0.4, 0.5) is 4.39 Å². The summed E-state index contributed by atoms with van der Waals surface area (Å²) in [5.41, 5.74) is 1.23. The zero-order chi connectivity index (χ0) is 20.2. The van der Waals surface area contributed by atoms with Crippen LogP contribution in [0.5, 0.6) is 5.88 Å². The molecule has 0 aliphatic heterocycles. The first-order valence-electron chi connectivity index (χ1n) is 8.76. The summed E-state index contributed by atoms with van der Waals surface area (Å²) in [6.07, 6.45) is 0. The Hall–Kier alpha value is -3.52. The maximum Gasteiger partial charge on any atom is 0.254 e. The number of benzene rings is 2. The maximum atomic E-state index is 13.6. The zero-order valence-electron chi connectivity index (χ0n) is 15.0. The van der Waals surface area contributed by atoms with Crippen molar-refractivity contribution >= 4 is 23.2 Å². The Morgan fingerprint density at radius 2 is 1.86 bits per heavy atom. The highest BCUT2D eigenvalue weighted by Crippen LogP contribution is 2.26. The number of rotatable bonds is 6. The van der Waals surface area contributed by atoms with Crippen molar-refractivity contribution in [2.24, 2.45) is 0 Å². The highest BCUT2D eigenvalue weighted by molar-refractivity contribution is 6.33. The zero-order valence-corrected chi connectivity index (χ0v) is 15.8. The van der Waals surface area contributed by atoms with Crippen LogP contribution >= 0.6 is 11.6 Å². The van der Waals surface area contributed by atoms with E-state index < -0.39 is 11.7 Å². The van der Waals surface area contributed by atoms with E-state index in [1.807, 2.05) is 18.2 Å². The van der Waals surface area contributed by atoms with Crippen molar-refractivity contribution < 1.29 is 13.9 Å². The molecular formula is C20H15ClFN5O2. The SMILES string of the molecule is O=C(NCCOc1ccc2nnc(-c3ccccc3Cl)n2n1)c1ccccc1F. The van der Waals surface area contributed by atoms with Gasteiger partial charge in [-0.05, 0) is 30.3 Å². The van der Waals surface area contributed by atoms with Gasteiger partial charge >= 0.3 is 0 Å². The van der Waals surface area contributed by atoms with E-state index in [2.05, 4.69) is 20.6 Å². The number of nitrogens with one attached hydrogen (secondary N) is 1. The lowest BCUT2D eigenvalue weighted by Gasteiger charge is -2.08. The minimum atomic E-state index is -0.572. The van der Waals surface area contributed by atoms with Crippen LogP contribution in [0.1, 0.15) is 10.4 Å². The number of carbonyl (C=O) groups excluding carboxylic acids is 1. The van der Waals surface area contributed by atoms with Crippen LogP contribution in [0.15, 0.2) is 60.7 Å². The first-order valence-corrected chi connectivity index (χ1v) is 9.14. The lowest BCUT2D eigenvalue weighted by Crippen LogP contribution is -2.28. The number of amides is 1. The van der Waals surface area contributed by atoms with Gasteiger partial charge < -0.3 is 10.1 Å². The normalized spacial score (nSPS) is 10.8. The lowest BCUT2D eigenvalue weighted by atomic mass is 10.2. The third-order valence-electron chi connectivity index (χ3n) is 4.11. The van der Waals surface area contributed by atoms with Gasteiger partial charge in [-0.15, -0.1) is 15.3 Å². The van der Waals surface area contributed by atoms with Crippen molar-refractivity contribution in [2.75, 3.05) is 13.2 Å². The van der Waals surface area contributed by atoms with Gasteiger partial charge in [-0.25, -0.2) is 4.39 Å². The molecule has 9 heteroatoms. The van der Waals surface area contributed by atoms with Crippen LogP contribution in [0.2, 0.25) is 5.02 Å². The molecule has 1 N–H and O–H groups in total. The van der Waals surface area contributed by atoms with E-state index in [4.69, 9.17) is 16.3 Å². The van der Waals surface area contributed by atoms with Gasteiger partial charge in [0.05, 0.1) is 17.1 Å². The summed E-state index contributed by atoms with van der Waals surface area (Å²) < 4.78 is 20.7. The molecule has 0 spiro atoms. The van der Waals surface area contributed by atoms with Gasteiger partial charge in [-0.3, -0.25) is 4.79 Å². The molecule has 0 atom stereocenters. The molecule has 1 amide bonds. The van der Waals surface area contributed by atoms with E-state index in [-0.39, 0.29) is 18.7 Å². The molecule has 4 rings (SSSR count). The third kappa shape index (κ3) is 4.02. The second kappa shape index (κ2) is 8.24. The van der Waals surface area contributed by atoms with E-state index in [1.165, 1.54) is 22.7 Å². The summed E-state index contributed by atoms with van der Waals surface area (Å²) >= 11 is 6.24. The fourth-order valence-corrected chi connectivity index (χ4v) is 2.94. The molecule has 2 aromatic heterocycles. The number of hydrogen-bond acceptors (Lipinski definition) is 5. The van der Waals surface area contributed by atoms with E-state index in [0.717, 1.165) is 0 Å². The molecular weight excluding hydrogens is 397 g/mol. The van der Waals surface area contributed by atoms with Crippen LogP contribution in [0, 0.1) is 5.82 Å². The molecule has 0 saturated heterocycles. The predicted molar refractivity (Wildman–Crippen MR) is 105 cm³/mol. The number of ether oxygens (including phenoxy) is 1. The van der Waals surface area contributed by atoms with Crippen LogP contribution in [0.25, 0.3) is 17.0 Å². The average Bonchev–Trinajstić information content (AvgIpc) is 3.15. The monoisotopic (exact) mass is 411 g/mol. The van der Waals surface area contributed by atoms with Gasteiger partial charge in [-0.2, -0.15) is 4.52 Å². The standard InChI is InChI=1S/C20H15ClFN5O2/c21-15-7-3-1-5-13(15)19-25-24-17-9-10-18(26-27(17)19)29-12-11-23-20(28)14-6-2-4-8-16(14)22/h1-10H,11-12H2,(H,23,28). The maximum absolute atomic E-state index is 13.6. The fourth-order valence-electron chi connectivity index (χ4n) is 2.72. The predicted octanol–water partition coefficient (Wildman–Crippen LogP) is 3.39. The molecule has 0 aliphatic carbocycles. The van der Waals surface area contributed by atoms with Gasteiger partial charge in [0.1, 0.15) is 12.4 Å². The third-order valence-corrected chi connectivity index (χ3v) is 4.44. The van der Waals surface area contributed by atoms with Gasteiger partial charge in [0.25, 0.3) is 5.91 Å². The van der Waals surface area contributed by atoms with Crippen LogP contribution in [-0.2, 0) is 0 Å². The molecule has 146 valence electrons. The number of halogens is 2. The Morgan fingerprint density at radius 1 is 1.07 bits per heavy atom. The molecule has 0 saturated carbocycles.